The number of hydrogen-bond donors (Lipinski definition) is 3. The van der Waals surface area contributed by atoms with Gasteiger partial charge in [0.25, 0.3) is 5.69 Å². The van der Waals surface area contributed by atoms with E-state index in [-0.39, 0.29) is 40.9 Å². The molecule has 0 aliphatic heterocycles. The number of hydrogen-bond acceptors (Lipinski definition) is 8. The largest absolute Gasteiger partial charge is 0.453 e. The molecule has 0 heterocycles. The number of aliphatic hydroxyl groups is 1. The van der Waals surface area contributed by atoms with Crippen LogP contribution >= 0.6 is 0 Å². The fourth-order valence-corrected chi connectivity index (χ4v) is 7.90. The first kappa shape index (κ1) is 38.5. The van der Waals surface area contributed by atoms with Crippen LogP contribution in [0.5, 0.6) is 0 Å². The third kappa shape index (κ3) is 10.3. The van der Waals surface area contributed by atoms with Crippen molar-refractivity contribution in [1.29, 1.82) is 0 Å². The Morgan fingerprint density at radius 2 is 1.50 bits per heavy atom. The van der Waals surface area contributed by atoms with Crippen LogP contribution in [0.1, 0.15) is 69.4 Å². The Balaban J connectivity index is 1.53. The fraction of sp³-hybridized carbons (Fsp3) is 0.459. The number of non-ortho nitro benzene ring substituents is 1. The lowest BCUT2D eigenvalue weighted by Crippen LogP contribution is -2.53. The topological polar surface area (TPSA) is 168 Å². The molecule has 0 aromatic heterocycles. The first-order valence-corrected chi connectivity index (χ1v) is 18.5. The number of sulfonamides is 1. The number of benzene rings is 3. The Hall–Kier alpha value is -4.33. The van der Waals surface area contributed by atoms with Crippen LogP contribution in [0.15, 0.2) is 89.8 Å². The molecule has 0 radical (unpaired) electrons. The highest BCUT2D eigenvalue weighted by molar-refractivity contribution is 7.89. The summed E-state index contributed by atoms with van der Waals surface area (Å²) in [4.78, 5) is 37.2. The highest BCUT2D eigenvalue weighted by atomic mass is 32.2. The second-order valence-electron chi connectivity index (χ2n) is 13.2. The van der Waals surface area contributed by atoms with E-state index in [2.05, 4.69) is 10.6 Å². The van der Waals surface area contributed by atoms with Crippen LogP contribution in [-0.2, 0) is 19.6 Å². The van der Waals surface area contributed by atoms with Gasteiger partial charge in [-0.1, -0.05) is 74.5 Å². The monoisotopic (exact) mass is 708 g/mol. The second kappa shape index (κ2) is 18.1. The van der Waals surface area contributed by atoms with Gasteiger partial charge in [0.05, 0.1) is 23.5 Å². The molecule has 12 nitrogen and oxygen atoms in total. The number of nitro benzene ring substituents is 1. The number of methoxy groups -OCH3 is 1. The molecule has 0 spiro atoms. The molecule has 0 bridgehead atoms. The minimum absolute atomic E-state index is 0.0797. The summed E-state index contributed by atoms with van der Waals surface area (Å²) < 4.78 is 33.9. The standard InChI is InChI=1S/C37H48N4O8S/c1-26(2)23-24-40(50(47,48)32-21-19-30(20-22-32)41(45)46)31(25-42)15-10-16-33(27-17-18-27)38-36(43)35(39-37(44)49-3)34(28-11-6-4-7-12-28)29-13-8-5-9-14-29/h4-9,11-14,19-22,26-27,31,33-35,42H,10,15-18,23-25H2,1-3H3,(H,38,43)(H,39,44). The molecule has 270 valence electrons. The van der Waals surface area contributed by atoms with Gasteiger partial charge in [-0.3, -0.25) is 14.9 Å². The first-order valence-electron chi connectivity index (χ1n) is 17.1. The summed E-state index contributed by atoms with van der Waals surface area (Å²) >= 11 is 0. The molecule has 1 fully saturated rings. The molecular formula is C37H48N4O8S. The Kier molecular flexibility index (Phi) is 13.9. The van der Waals surface area contributed by atoms with Crippen molar-refractivity contribution >= 4 is 27.7 Å². The van der Waals surface area contributed by atoms with Crippen LogP contribution in [0.4, 0.5) is 10.5 Å². The van der Waals surface area contributed by atoms with E-state index in [4.69, 9.17) is 4.74 Å². The van der Waals surface area contributed by atoms with Crippen molar-refractivity contribution < 1.29 is 32.8 Å². The average Bonchev–Trinajstić information content (AvgIpc) is 3.96. The second-order valence-corrected chi connectivity index (χ2v) is 15.1. The summed E-state index contributed by atoms with van der Waals surface area (Å²) in [6.07, 6.45) is 3.07. The van der Waals surface area contributed by atoms with Gasteiger partial charge < -0.3 is 20.5 Å². The van der Waals surface area contributed by atoms with Crippen LogP contribution < -0.4 is 10.6 Å². The molecule has 1 aliphatic rings. The quantitative estimate of drug-likeness (QED) is 0.107. The lowest BCUT2D eigenvalue weighted by molar-refractivity contribution is -0.384. The first-order chi connectivity index (χ1) is 24.0. The molecule has 1 aliphatic carbocycles. The van der Waals surface area contributed by atoms with Crippen molar-refractivity contribution in [3.63, 3.8) is 0 Å². The molecule has 3 aromatic carbocycles. The molecule has 50 heavy (non-hydrogen) atoms. The fourth-order valence-electron chi connectivity index (χ4n) is 6.24. The zero-order chi connectivity index (χ0) is 36.3. The number of carbonyl (C=O) groups is 2. The maximum Gasteiger partial charge on any atom is 0.407 e. The summed E-state index contributed by atoms with van der Waals surface area (Å²) in [6.45, 7) is 3.73. The van der Waals surface area contributed by atoms with Crippen LogP contribution in [0.3, 0.4) is 0 Å². The minimum Gasteiger partial charge on any atom is -0.453 e. The molecule has 13 heteroatoms. The summed E-state index contributed by atoms with van der Waals surface area (Å²) in [7, 11) is -2.83. The Bertz CT molecular complexity index is 1610. The molecule has 0 saturated heterocycles. The number of amides is 2. The third-order valence-corrected chi connectivity index (χ3v) is 11.1. The molecule has 3 atom stereocenters. The predicted molar refractivity (Wildman–Crippen MR) is 190 cm³/mol. The SMILES string of the molecule is COC(=O)NC(C(=O)NC(CCCC(CO)N(CCC(C)C)S(=O)(=O)c1ccc([N+](=O)[O-])cc1)C1CC1)C(c1ccccc1)c1ccccc1. The summed E-state index contributed by atoms with van der Waals surface area (Å²) in [5, 5.41) is 27.6. The van der Waals surface area contributed by atoms with Gasteiger partial charge in [0.2, 0.25) is 15.9 Å². The number of ether oxygens (including phenoxy) is 1. The number of aliphatic hydroxyl groups excluding tert-OH is 1. The van der Waals surface area contributed by atoms with Gasteiger partial charge in [-0.2, -0.15) is 4.31 Å². The van der Waals surface area contributed by atoms with Crippen molar-refractivity contribution in [2.45, 2.75) is 81.3 Å². The number of nitrogens with one attached hydrogen (secondary N) is 2. The van der Waals surface area contributed by atoms with Crippen LogP contribution in [0.25, 0.3) is 0 Å². The number of alkyl carbamates (subject to hydrolysis) is 1. The highest BCUT2D eigenvalue weighted by Crippen LogP contribution is 2.36. The van der Waals surface area contributed by atoms with Crippen molar-refractivity contribution in [3.8, 4) is 0 Å². The molecule has 4 rings (SSSR count). The van der Waals surface area contributed by atoms with E-state index >= 15 is 0 Å². The van der Waals surface area contributed by atoms with Crippen LogP contribution in [0, 0.1) is 22.0 Å². The number of nitro groups is 1. The molecular weight excluding hydrogens is 660 g/mol. The van der Waals surface area contributed by atoms with Gasteiger partial charge in [-0.15, -0.1) is 0 Å². The van der Waals surface area contributed by atoms with Gasteiger partial charge in [-0.25, -0.2) is 13.2 Å². The van der Waals surface area contributed by atoms with Gasteiger partial charge in [0.15, 0.2) is 0 Å². The zero-order valence-corrected chi connectivity index (χ0v) is 29.6. The molecule has 3 N–H and O–H groups in total. The maximum atomic E-state index is 14.1. The molecule has 1 saturated carbocycles. The van der Waals surface area contributed by atoms with Gasteiger partial charge in [-0.05, 0) is 73.6 Å². The number of carbonyl (C=O) groups excluding carboxylic acids is 2. The third-order valence-electron chi connectivity index (χ3n) is 9.16. The Morgan fingerprint density at radius 3 is 1.98 bits per heavy atom. The zero-order valence-electron chi connectivity index (χ0n) is 28.8. The van der Waals surface area contributed by atoms with Crippen LogP contribution in [-0.4, -0.2) is 73.1 Å². The number of rotatable bonds is 19. The summed E-state index contributed by atoms with van der Waals surface area (Å²) in [5.41, 5.74) is 1.48. The number of nitrogens with zero attached hydrogens (tertiary/aromatic N) is 2. The smallest absolute Gasteiger partial charge is 0.407 e. The van der Waals surface area contributed by atoms with Crippen LogP contribution in [0.2, 0.25) is 0 Å². The van der Waals surface area contributed by atoms with Crippen molar-refractivity contribution in [2.75, 3.05) is 20.3 Å². The lowest BCUT2D eigenvalue weighted by atomic mass is 9.84. The van der Waals surface area contributed by atoms with Crippen molar-refractivity contribution in [2.24, 2.45) is 11.8 Å². The average molecular weight is 709 g/mol. The normalized spacial score (nSPS) is 15.0. The van der Waals surface area contributed by atoms with E-state index in [9.17, 15) is 33.2 Å². The van der Waals surface area contributed by atoms with E-state index in [1.165, 1.54) is 23.5 Å². The van der Waals surface area contributed by atoms with E-state index < -0.39 is 45.6 Å². The van der Waals surface area contributed by atoms with Gasteiger partial charge in [0.1, 0.15) is 6.04 Å². The van der Waals surface area contributed by atoms with Crippen molar-refractivity contribution in [1.82, 2.24) is 14.9 Å². The van der Waals surface area contributed by atoms with Gasteiger partial charge in [0, 0.05) is 36.7 Å². The maximum absolute atomic E-state index is 14.1. The Labute approximate surface area is 294 Å². The van der Waals surface area contributed by atoms with E-state index in [1.807, 2.05) is 74.5 Å². The molecule has 3 aromatic rings. The predicted octanol–water partition coefficient (Wildman–Crippen LogP) is 5.61. The van der Waals surface area contributed by atoms with Crippen molar-refractivity contribution in [3.05, 3.63) is 106 Å². The molecule has 2 amide bonds. The highest BCUT2D eigenvalue weighted by Gasteiger charge is 2.38. The lowest BCUT2D eigenvalue weighted by Gasteiger charge is -2.31. The summed E-state index contributed by atoms with van der Waals surface area (Å²) in [5.74, 6) is -0.434. The van der Waals surface area contributed by atoms with E-state index in [0.717, 1.165) is 36.1 Å². The minimum atomic E-state index is -4.08. The molecule has 3 unspecified atom stereocenters. The van der Waals surface area contributed by atoms with E-state index in [1.54, 1.807) is 0 Å². The van der Waals surface area contributed by atoms with E-state index in [0.29, 0.717) is 25.7 Å². The van der Waals surface area contributed by atoms with Gasteiger partial charge >= 0.3 is 6.09 Å². The summed E-state index contributed by atoms with van der Waals surface area (Å²) in [6, 6.07) is 21.8. The Morgan fingerprint density at radius 1 is 0.920 bits per heavy atom.